The van der Waals surface area contributed by atoms with Crippen molar-refractivity contribution in [2.45, 2.75) is 45.2 Å². The summed E-state index contributed by atoms with van der Waals surface area (Å²) in [4.78, 5) is 25.5. The first-order valence-electron chi connectivity index (χ1n) is 5.57. The van der Waals surface area contributed by atoms with Gasteiger partial charge in [-0.2, -0.15) is 0 Å². The average Bonchev–Trinajstić information content (AvgIpc) is 2.93. The summed E-state index contributed by atoms with van der Waals surface area (Å²) in [7, 11) is 0. The molecule has 1 aliphatic carbocycles. The topological polar surface area (TPSA) is 49.4 Å². The van der Waals surface area contributed by atoms with Crippen molar-refractivity contribution < 1.29 is 9.59 Å². The Labute approximate surface area is 90.0 Å². The Morgan fingerprint density at radius 2 is 2.00 bits per heavy atom. The molecule has 15 heavy (non-hydrogen) atoms. The van der Waals surface area contributed by atoms with Crippen LogP contribution in [-0.4, -0.2) is 34.8 Å². The van der Waals surface area contributed by atoms with Crippen LogP contribution in [0.15, 0.2) is 0 Å². The molecule has 1 atom stereocenters. The van der Waals surface area contributed by atoms with E-state index in [9.17, 15) is 9.59 Å². The van der Waals surface area contributed by atoms with E-state index < -0.39 is 5.54 Å². The Hall–Kier alpha value is -1.06. The number of nitrogens with zero attached hydrogens (tertiary/aromatic N) is 1. The highest BCUT2D eigenvalue weighted by molar-refractivity contribution is 5.98. The zero-order chi connectivity index (χ0) is 11.2. The molecule has 1 unspecified atom stereocenters. The molecular weight excluding hydrogens is 192 g/mol. The third-order valence-corrected chi connectivity index (χ3v) is 3.44. The molecule has 1 saturated heterocycles. The lowest BCUT2D eigenvalue weighted by molar-refractivity contribution is -0.152. The minimum Gasteiger partial charge on any atom is -0.340 e. The summed E-state index contributed by atoms with van der Waals surface area (Å²) >= 11 is 0. The number of hydrogen-bond donors (Lipinski definition) is 1. The fourth-order valence-electron chi connectivity index (χ4n) is 2.26. The first-order valence-corrected chi connectivity index (χ1v) is 5.57. The van der Waals surface area contributed by atoms with Crippen LogP contribution < -0.4 is 5.32 Å². The molecule has 4 nitrogen and oxygen atoms in total. The SMILES string of the molecule is CC(C)N1CC(=O)NC(C)(C2CC2)C1=O. The standard InChI is InChI=1S/C11H18N2O2/c1-7(2)13-6-9(14)12-11(3,10(13)15)8-4-5-8/h7-8H,4-6H2,1-3H3,(H,12,14). The number of carbonyl (C=O) groups is 2. The van der Waals surface area contributed by atoms with Crippen molar-refractivity contribution in [2.24, 2.45) is 5.92 Å². The monoisotopic (exact) mass is 210 g/mol. The van der Waals surface area contributed by atoms with Crippen molar-refractivity contribution in [3.05, 3.63) is 0 Å². The van der Waals surface area contributed by atoms with Crippen LogP contribution >= 0.6 is 0 Å². The van der Waals surface area contributed by atoms with E-state index >= 15 is 0 Å². The van der Waals surface area contributed by atoms with Crippen LogP contribution in [0.25, 0.3) is 0 Å². The maximum absolute atomic E-state index is 12.2. The molecule has 0 aromatic heterocycles. The quantitative estimate of drug-likeness (QED) is 0.722. The van der Waals surface area contributed by atoms with Crippen LogP contribution in [0.4, 0.5) is 0 Å². The largest absolute Gasteiger partial charge is 0.340 e. The molecule has 2 rings (SSSR count). The Kier molecular flexibility index (Phi) is 2.24. The Balaban J connectivity index is 2.24. The fraction of sp³-hybridized carbons (Fsp3) is 0.818. The molecule has 0 spiro atoms. The van der Waals surface area contributed by atoms with Crippen LogP contribution in [0.2, 0.25) is 0 Å². The van der Waals surface area contributed by atoms with Crippen LogP contribution in [0, 0.1) is 5.92 Å². The number of piperazine rings is 1. The van der Waals surface area contributed by atoms with E-state index in [-0.39, 0.29) is 24.4 Å². The van der Waals surface area contributed by atoms with Gasteiger partial charge in [0.1, 0.15) is 5.54 Å². The average molecular weight is 210 g/mol. The van der Waals surface area contributed by atoms with E-state index in [4.69, 9.17) is 0 Å². The summed E-state index contributed by atoms with van der Waals surface area (Å²) in [6.07, 6.45) is 2.10. The second kappa shape index (κ2) is 3.22. The lowest BCUT2D eigenvalue weighted by Crippen LogP contribution is -2.67. The van der Waals surface area contributed by atoms with E-state index in [0.717, 1.165) is 12.8 Å². The second-order valence-electron chi connectivity index (χ2n) is 5.05. The second-order valence-corrected chi connectivity index (χ2v) is 5.05. The van der Waals surface area contributed by atoms with Crippen LogP contribution in [0.5, 0.6) is 0 Å². The third kappa shape index (κ3) is 1.62. The van der Waals surface area contributed by atoms with E-state index in [0.29, 0.717) is 5.92 Å². The normalized spacial score (nSPS) is 32.1. The van der Waals surface area contributed by atoms with E-state index in [1.165, 1.54) is 0 Å². The Morgan fingerprint density at radius 1 is 1.40 bits per heavy atom. The van der Waals surface area contributed by atoms with Crippen molar-refractivity contribution in [2.75, 3.05) is 6.54 Å². The maximum Gasteiger partial charge on any atom is 0.249 e. The highest BCUT2D eigenvalue weighted by atomic mass is 16.2. The van der Waals surface area contributed by atoms with Gasteiger partial charge in [0.15, 0.2) is 0 Å². The summed E-state index contributed by atoms with van der Waals surface area (Å²) in [6.45, 7) is 5.96. The van der Waals surface area contributed by atoms with Crippen molar-refractivity contribution in [1.29, 1.82) is 0 Å². The van der Waals surface area contributed by atoms with Gasteiger partial charge in [-0.25, -0.2) is 0 Å². The smallest absolute Gasteiger partial charge is 0.249 e. The number of carbonyl (C=O) groups excluding carboxylic acids is 2. The molecule has 0 aromatic carbocycles. The van der Waals surface area contributed by atoms with Gasteiger partial charge in [-0.05, 0) is 39.5 Å². The zero-order valence-corrected chi connectivity index (χ0v) is 9.54. The molecule has 2 amide bonds. The number of hydrogen-bond acceptors (Lipinski definition) is 2. The van der Waals surface area contributed by atoms with Gasteiger partial charge in [-0.1, -0.05) is 0 Å². The molecule has 1 N–H and O–H groups in total. The van der Waals surface area contributed by atoms with E-state index in [2.05, 4.69) is 5.32 Å². The van der Waals surface area contributed by atoms with Gasteiger partial charge in [-0.15, -0.1) is 0 Å². The molecule has 0 radical (unpaired) electrons. The molecule has 84 valence electrons. The number of nitrogens with one attached hydrogen (secondary N) is 1. The van der Waals surface area contributed by atoms with E-state index in [1.54, 1.807) is 4.90 Å². The number of rotatable bonds is 2. The molecule has 0 bridgehead atoms. The van der Waals surface area contributed by atoms with E-state index in [1.807, 2.05) is 20.8 Å². The maximum atomic E-state index is 12.2. The third-order valence-electron chi connectivity index (χ3n) is 3.44. The first kappa shape index (κ1) is 10.5. The fourth-order valence-corrected chi connectivity index (χ4v) is 2.26. The lowest BCUT2D eigenvalue weighted by atomic mass is 9.91. The number of amides is 2. The van der Waals surface area contributed by atoms with Crippen LogP contribution in [0.3, 0.4) is 0 Å². The molecule has 1 heterocycles. The van der Waals surface area contributed by atoms with Gasteiger partial charge in [-0.3, -0.25) is 9.59 Å². The van der Waals surface area contributed by atoms with Crippen molar-refractivity contribution in [3.63, 3.8) is 0 Å². The van der Waals surface area contributed by atoms with Crippen molar-refractivity contribution in [1.82, 2.24) is 10.2 Å². The minimum absolute atomic E-state index is 0.0299. The molecule has 1 aliphatic heterocycles. The van der Waals surface area contributed by atoms with Crippen LogP contribution in [-0.2, 0) is 9.59 Å². The first-order chi connectivity index (χ1) is 6.95. The summed E-state index contributed by atoms with van der Waals surface area (Å²) in [6, 6.07) is 0.0987. The lowest BCUT2D eigenvalue weighted by Gasteiger charge is -2.41. The molecule has 2 aliphatic rings. The van der Waals surface area contributed by atoms with Gasteiger partial charge in [0, 0.05) is 6.04 Å². The summed E-state index contributed by atoms with van der Waals surface area (Å²) in [5.41, 5.74) is -0.639. The Morgan fingerprint density at radius 3 is 2.47 bits per heavy atom. The molecule has 4 heteroatoms. The van der Waals surface area contributed by atoms with Gasteiger partial charge in [0.25, 0.3) is 0 Å². The molecular formula is C11H18N2O2. The Bertz CT molecular complexity index is 310. The van der Waals surface area contributed by atoms with Gasteiger partial charge < -0.3 is 10.2 Å². The molecule has 0 aromatic rings. The predicted octanol–water partition coefficient (Wildman–Crippen LogP) is 0.522. The zero-order valence-electron chi connectivity index (χ0n) is 9.54. The van der Waals surface area contributed by atoms with Crippen LogP contribution in [0.1, 0.15) is 33.6 Å². The van der Waals surface area contributed by atoms with Gasteiger partial charge in [0.2, 0.25) is 11.8 Å². The predicted molar refractivity (Wildman–Crippen MR) is 56.1 cm³/mol. The van der Waals surface area contributed by atoms with Crippen molar-refractivity contribution in [3.8, 4) is 0 Å². The molecule has 2 fully saturated rings. The van der Waals surface area contributed by atoms with Crippen molar-refractivity contribution >= 4 is 11.8 Å². The summed E-state index contributed by atoms with van der Waals surface area (Å²) in [5, 5.41) is 2.86. The minimum atomic E-state index is -0.639. The van der Waals surface area contributed by atoms with Gasteiger partial charge in [0.05, 0.1) is 6.54 Å². The highest BCUT2D eigenvalue weighted by Crippen LogP contribution is 2.41. The summed E-state index contributed by atoms with van der Waals surface area (Å²) in [5.74, 6) is 0.396. The highest BCUT2D eigenvalue weighted by Gasteiger charge is 2.52. The van der Waals surface area contributed by atoms with Gasteiger partial charge >= 0.3 is 0 Å². The molecule has 1 saturated carbocycles. The summed E-state index contributed by atoms with van der Waals surface area (Å²) < 4.78 is 0.